The van der Waals surface area contributed by atoms with E-state index in [-0.39, 0.29) is 28.8 Å². The van der Waals surface area contributed by atoms with Gasteiger partial charge in [-0.3, -0.25) is 14.4 Å². The lowest BCUT2D eigenvalue weighted by Crippen LogP contribution is -2.57. The van der Waals surface area contributed by atoms with Crippen molar-refractivity contribution in [3.8, 4) is 11.5 Å². The molecule has 11 heteroatoms. The van der Waals surface area contributed by atoms with Gasteiger partial charge in [0.1, 0.15) is 28.9 Å². The van der Waals surface area contributed by atoms with Gasteiger partial charge in [0.15, 0.2) is 11.6 Å². The third-order valence-corrected chi connectivity index (χ3v) is 13.9. The second kappa shape index (κ2) is 18.0. The summed E-state index contributed by atoms with van der Waals surface area (Å²) in [6.45, 7) is 11.5. The molecule has 4 saturated heterocycles. The number of likely N-dealkylation sites (tertiary alicyclic amines) is 4. The van der Waals surface area contributed by atoms with Crippen molar-refractivity contribution in [3.05, 3.63) is 130 Å². The van der Waals surface area contributed by atoms with Crippen molar-refractivity contribution < 1.29 is 33.4 Å². The first-order valence-electron chi connectivity index (χ1n) is 21.6. The van der Waals surface area contributed by atoms with Gasteiger partial charge in [0, 0.05) is 99.0 Å². The molecular weight excluding hydrogens is 763 g/mol. The first kappa shape index (κ1) is 41.9. The molecule has 4 aromatic rings. The number of phenolic OH excluding ortho intramolecular Hbond substituents is 2. The highest BCUT2D eigenvalue weighted by Gasteiger charge is 2.52. The van der Waals surface area contributed by atoms with Gasteiger partial charge < -0.3 is 29.8 Å². The van der Waals surface area contributed by atoms with Crippen LogP contribution in [0.2, 0.25) is 0 Å². The minimum Gasteiger partial charge on any atom is -0.508 e. The summed E-state index contributed by atoms with van der Waals surface area (Å²) in [4.78, 5) is 55.0. The van der Waals surface area contributed by atoms with Crippen molar-refractivity contribution in [2.24, 2.45) is 23.7 Å². The van der Waals surface area contributed by atoms with Crippen LogP contribution in [0.1, 0.15) is 67.6 Å². The maximum atomic E-state index is 16.2. The predicted molar refractivity (Wildman–Crippen MR) is 227 cm³/mol. The Morgan fingerprint density at radius 3 is 1.27 bits per heavy atom. The topological polar surface area (TPSA) is 105 Å². The van der Waals surface area contributed by atoms with Crippen LogP contribution >= 0.6 is 0 Å². The molecule has 0 spiro atoms. The molecule has 0 amide bonds. The lowest BCUT2D eigenvalue weighted by Gasteiger charge is -2.49. The summed E-state index contributed by atoms with van der Waals surface area (Å²) in [5.41, 5.74) is 2.55. The van der Waals surface area contributed by atoms with Gasteiger partial charge in [0.05, 0.1) is 0 Å². The number of phenols is 2. The summed E-state index contributed by atoms with van der Waals surface area (Å²) in [5, 5.41) is 21.0. The van der Waals surface area contributed by atoms with Crippen LogP contribution in [0, 0.1) is 49.2 Å². The molecule has 0 radical (unpaired) electrons. The summed E-state index contributed by atoms with van der Waals surface area (Å²) in [6, 6.07) is 22.2. The maximum Gasteiger partial charge on any atom is 0.167 e. The van der Waals surface area contributed by atoms with E-state index >= 15 is 13.6 Å². The maximum absolute atomic E-state index is 16.2. The molecule has 0 aliphatic carbocycles. The first-order valence-corrected chi connectivity index (χ1v) is 21.6. The van der Waals surface area contributed by atoms with Crippen LogP contribution in [-0.4, -0.2) is 126 Å². The molecule has 8 rings (SSSR count). The molecular formula is C49H56F2N4O5. The zero-order valence-corrected chi connectivity index (χ0v) is 34.6. The molecule has 316 valence electrons. The Morgan fingerprint density at radius 1 is 0.533 bits per heavy atom. The lowest BCUT2D eigenvalue weighted by atomic mass is 9.62. The van der Waals surface area contributed by atoms with Gasteiger partial charge in [0.2, 0.25) is 0 Å². The van der Waals surface area contributed by atoms with E-state index in [4.69, 9.17) is 0 Å². The van der Waals surface area contributed by atoms with Crippen LogP contribution in [0.4, 0.5) is 8.78 Å². The Balaban J connectivity index is 1.27. The highest BCUT2D eigenvalue weighted by Crippen LogP contribution is 2.48. The van der Waals surface area contributed by atoms with E-state index < -0.39 is 47.1 Å². The Kier molecular flexibility index (Phi) is 12.6. The number of benzene rings is 4. The van der Waals surface area contributed by atoms with Crippen molar-refractivity contribution in [2.75, 3.05) is 78.5 Å². The van der Waals surface area contributed by atoms with Crippen molar-refractivity contribution in [1.29, 1.82) is 0 Å². The van der Waals surface area contributed by atoms with Gasteiger partial charge in [0.25, 0.3) is 0 Å². The fourth-order valence-corrected chi connectivity index (χ4v) is 10.3. The summed E-state index contributed by atoms with van der Waals surface area (Å²) >= 11 is 0. The molecule has 4 heterocycles. The third kappa shape index (κ3) is 8.68. The molecule has 0 bridgehead atoms. The highest BCUT2D eigenvalue weighted by molar-refractivity contribution is 6.01. The fourth-order valence-electron chi connectivity index (χ4n) is 10.3. The predicted octanol–water partition coefficient (Wildman–Crippen LogP) is 6.70. The van der Waals surface area contributed by atoms with E-state index in [1.807, 2.05) is 12.1 Å². The second-order valence-corrected chi connectivity index (χ2v) is 17.5. The fraction of sp³-hybridized carbons (Fsp3) is 0.449. The molecule has 0 saturated carbocycles. The monoisotopic (exact) mass is 818 g/mol. The van der Waals surface area contributed by atoms with Gasteiger partial charge >= 0.3 is 0 Å². The number of hydrogen-bond donors (Lipinski definition) is 2. The minimum atomic E-state index is -0.796. The van der Waals surface area contributed by atoms with Crippen LogP contribution in [0.5, 0.6) is 11.5 Å². The number of ketones is 3. The number of carbonyl (C=O) groups excluding carboxylic acids is 3. The average Bonchev–Trinajstić information content (AvgIpc) is 3.20. The molecule has 4 aliphatic heterocycles. The van der Waals surface area contributed by atoms with E-state index in [0.717, 1.165) is 52.1 Å². The number of nitrogens with zero attached hydrogens (tertiary/aromatic N) is 4. The van der Waals surface area contributed by atoms with Crippen LogP contribution in [0.25, 0.3) is 0 Å². The van der Waals surface area contributed by atoms with Gasteiger partial charge in [-0.05, 0) is 112 Å². The van der Waals surface area contributed by atoms with Gasteiger partial charge in [-0.15, -0.1) is 0 Å². The van der Waals surface area contributed by atoms with E-state index in [1.54, 1.807) is 50.2 Å². The normalized spacial score (nSPS) is 25.3. The summed E-state index contributed by atoms with van der Waals surface area (Å²) < 4.78 is 31.3. The Hall–Kier alpha value is -4.81. The molecule has 4 aromatic carbocycles. The Labute approximate surface area is 351 Å². The summed E-state index contributed by atoms with van der Waals surface area (Å²) in [5.74, 6) is -6.14. The molecule has 0 aromatic heterocycles. The van der Waals surface area contributed by atoms with Gasteiger partial charge in [-0.1, -0.05) is 48.5 Å². The number of aromatic hydroxyl groups is 2. The van der Waals surface area contributed by atoms with Crippen LogP contribution in [0.3, 0.4) is 0 Å². The highest BCUT2D eigenvalue weighted by atomic mass is 19.1. The van der Waals surface area contributed by atoms with E-state index in [2.05, 4.69) is 19.6 Å². The molecule has 4 fully saturated rings. The molecule has 6 atom stereocenters. The van der Waals surface area contributed by atoms with Crippen molar-refractivity contribution in [2.45, 2.75) is 38.5 Å². The van der Waals surface area contributed by atoms with Gasteiger partial charge in [-0.2, -0.15) is 0 Å². The summed E-state index contributed by atoms with van der Waals surface area (Å²) in [7, 11) is 0. The van der Waals surface area contributed by atoms with E-state index in [0.29, 0.717) is 72.6 Å². The lowest BCUT2D eigenvalue weighted by molar-refractivity contribution is -0.133. The molecule has 6 unspecified atom stereocenters. The minimum absolute atomic E-state index is 0.0475. The van der Waals surface area contributed by atoms with Crippen molar-refractivity contribution >= 4 is 17.3 Å². The zero-order chi connectivity index (χ0) is 42.1. The zero-order valence-electron chi connectivity index (χ0n) is 34.6. The largest absolute Gasteiger partial charge is 0.508 e. The van der Waals surface area contributed by atoms with Crippen molar-refractivity contribution in [1.82, 2.24) is 19.6 Å². The number of carbonyl (C=O) groups is 3. The van der Waals surface area contributed by atoms with Crippen LogP contribution in [0.15, 0.2) is 84.9 Å². The van der Waals surface area contributed by atoms with E-state index in [1.165, 1.54) is 36.4 Å². The molecule has 4 aliphatic rings. The molecule has 9 nitrogen and oxygen atoms in total. The van der Waals surface area contributed by atoms with E-state index in [9.17, 15) is 19.8 Å². The smallest absolute Gasteiger partial charge is 0.167 e. The quantitative estimate of drug-likeness (QED) is 0.135. The standard InChI is InChI=1S/C49H56F2N4O5/c1-31-37(13-5-15-43(31)50)45-39(47(58)33-9-3-11-35(56)25-33)27-54(23-21-52-17-7-18-52)29-41(45)49(60)42-30-55(24-22-53-19-8-20-53)28-40(48(59)34-10-4-12-36(57)26-34)46(42)38-14-6-16-44(51)32(38)2/h3-6,9-16,25-26,39-42,45-46,56-57H,7-8,17-24,27-30H2,1-2H3. The van der Waals surface area contributed by atoms with Crippen LogP contribution in [-0.2, 0) is 4.79 Å². The second-order valence-electron chi connectivity index (χ2n) is 17.5. The van der Waals surface area contributed by atoms with Crippen molar-refractivity contribution in [3.63, 3.8) is 0 Å². The third-order valence-electron chi connectivity index (χ3n) is 13.9. The number of Topliss-reactive ketones (excluding diaryl/α,β-unsaturated/α-hetero) is 3. The molecule has 60 heavy (non-hydrogen) atoms. The molecule has 2 N–H and O–H groups in total. The van der Waals surface area contributed by atoms with Gasteiger partial charge in [-0.25, -0.2) is 8.78 Å². The number of hydrogen-bond acceptors (Lipinski definition) is 9. The average molecular weight is 819 g/mol. The summed E-state index contributed by atoms with van der Waals surface area (Å²) in [6.07, 6.45) is 2.25. The Morgan fingerprint density at radius 2 is 0.900 bits per heavy atom. The van der Waals surface area contributed by atoms with Crippen LogP contribution < -0.4 is 0 Å². The number of rotatable bonds is 14. The number of piperidine rings is 2. The first-order chi connectivity index (χ1) is 29.0. The number of halogens is 2. The Bertz CT molecular complexity index is 2070. The SMILES string of the molecule is Cc1c(F)cccc1C1C(C(=O)c2cccc(O)c2)CN(CCN2CCC2)CC1C(=O)C1CN(CCN2CCC2)CC(C(=O)c2cccc(O)c2)C1c1cccc(F)c1C.